The zero-order valence-corrected chi connectivity index (χ0v) is 19.5. The van der Waals surface area contributed by atoms with Crippen molar-refractivity contribution < 1.29 is 9.59 Å². The summed E-state index contributed by atoms with van der Waals surface area (Å²) in [6.07, 6.45) is 2.05. The Morgan fingerprint density at radius 2 is 1.60 bits per heavy atom. The van der Waals surface area contributed by atoms with E-state index in [-0.39, 0.29) is 18.4 Å². The molecule has 1 atom stereocenters. The number of nitrogens with zero attached hydrogens (tertiary/aromatic N) is 3. The van der Waals surface area contributed by atoms with Gasteiger partial charge in [0.2, 0.25) is 11.8 Å². The number of rotatable bonds is 7. The molecule has 35 heavy (non-hydrogen) atoms. The second-order valence-electron chi connectivity index (χ2n) is 8.60. The second kappa shape index (κ2) is 9.81. The van der Waals surface area contributed by atoms with Crippen LogP contribution in [0.4, 0.5) is 5.69 Å². The van der Waals surface area contributed by atoms with Gasteiger partial charge in [-0.2, -0.15) is 0 Å². The molecule has 0 bridgehead atoms. The Kier molecular flexibility index (Phi) is 6.26. The van der Waals surface area contributed by atoms with Gasteiger partial charge in [-0.05, 0) is 40.6 Å². The summed E-state index contributed by atoms with van der Waals surface area (Å²) in [4.78, 5) is 32.7. The second-order valence-corrected chi connectivity index (χ2v) is 8.60. The molecule has 0 saturated carbocycles. The first-order valence-electron chi connectivity index (χ1n) is 11.6. The van der Waals surface area contributed by atoms with Crippen molar-refractivity contribution in [1.82, 2.24) is 14.9 Å². The van der Waals surface area contributed by atoms with Gasteiger partial charge < -0.3 is 14.8 Å². The number of para-hydroxylation sites is 2. The number of likely N-dealkylation sites (N-methyl/N-ethyl adjacent to an activating group) is 1. The summed E-state index contributed by atoms with van der Waals surface area (Å²) in [7, 11) is 1.75. The molecule has 5 aromatic rings. The zero-order chi connectivity index (χ0) is 24.2. The van der Waals surface area contributed by atoms with E-state index in [1.807, 2.05) is 97.1 Å². The van der Waals surface area contributed by atoms with Crippen molar-refractivity contribution in [2.75, 3.05) is 11.9 Å². The molecule has 0 aliphatic rings. The number of benzene rings is 4. The van der Waals surface area contributed by atoms with Crippen LogP contribution in [0.1, 0.15) is 5.56 Å². The summed E-state index contributed by atoms with van der Waals surface area (Å²) < 4.78 is 1.79. The van der Waals surface area contributed by atoms with Crippen molar-refractivity contribution in [3.8, 4) is 0 Å². The lowest BCUT2D eigenvalue weighted by Gasteiger charge is -2.25. The number of nitrogens with one attached hydrogen (secondary N) is 1. The van der Waals surface area contributed by atoms with Crippen molar-refractivity contribution in [2.24, 2.45) is 0 Å². The molecule has 4 aromatic carbocycles. The highest BCUT2D eigenvalue weighted by Gasteiger charge is 2.25. The van der Waals surface area contributed by atoms with Gasteiger partial charge in [0.05, 0.1) is 17.4 Å². The average Bonchev–Trinajstić information content (AvgIpc) is 3.30. The Morgan fingerprint density at radius 1 is 0.886 bits per heavy atom. The minimum Gasteiger partial charge on any atom is -0.342 e. The van der Waals surface area contributed by atoms with Crippen LogP contribution in [0.15, 0.2) is 103 Å². The van der Waals surface area contributed by atoms with Crippen LogP contribution >= 0.6 is 0 Å². The quantitative estimate of drug-likeness (QED) is 0.385. The van der Waals surface area contributed by atoms with Crippen molar-refractivity contribution in [2.45, 2.75) is 19.0 Å². The fraction of sp³-hybridized carbons (Fsp3) is 0.138. The number of anilines is 1. The van der Waals surface area contributed by atoms with Crippen LogP contribution in [0.25, 0.3) is 21.8 Å². The first kappa shape index (κ1) is 22.3. The topological polar surface area (TPSA) is 67.2 Å². The van der Waals surface area contributed by atoms with Crippen LogP contribution in [-0.2, 0) is 22.6 Å². The molecule has 1 N–H and O–H groups in total. The van der Waals surface area contributed by atoms with E-state index < -0.39 is 6.04 Å². The van der Waals surface area contributed by atoms with E-state index in [1.54, 1.807) is 22.8 Å². The summed E-state index contributed by atoms with van der Waals surface area (Å²) in [5, 5.41) is 5.14. The summed E-state index contributed by atoms with van der Waals surface area (Å²) in [6, 6.07) is 30.6. The smallest absolute Gasteiger partial charge is 0.249 e. The number of hydrogen-bond acceptors (Lipinski definition) is 3. The van der Waals surface area contributed by atoms with Crippen molar-refractivity contribution in [3.05, 3.63) is 109 Å². The van der Waals surface area contributed by atoms with E-state index in [4.69, 9.17) is 0 Å². The Morgan fingerprint density at radius 3 is 2.43 bits per heavy atom. The van der Waals surface area contributed by atoms with Gasteiger partial charge >= 0.3 is 0 Å². The maximum atomic E-state index is 13.6. The van der Waals surface area contributed by atoms with Gasteiger partial charge in [-0.25, -0.2) is 4.98 Å². The SMILES string of the molecule is CN(C(=O)[C@H](Cc1ccccc1)NC(=O)Cn1cnc2ccccc21)c1ccc2ccccc2c1. The van der Waals surface area contributed by atoms with E-state index in [9.17, 15) is 9.59 Å². The van der Waals surface area contributed by atoms with E-state index >= 15 is 0 Å². The normalized spacial score (nSPS) is 11.9. The number of amides is 2. The maximum absolute atomic E-state index is 13.6. The lowest BCUT2D eigenvalue weighted by Crippen LogP contribution is -2.49. The van der Waals surface area contributed by atoms with Gasteiger partial charge in [0.1, 0.15) is 12.6 Å². The number of carbonyl (C=O) groups excluding carboxylic acids is 2. The number of carbonyl (C=O) groups is 2. The lowest BCUT2D eigenvalue weighted by molar-refractivity contribution is -0.127. The highest BCUT2D eigenvalue weighted by atomic mass is 16.2. The monoisotopic (exact) mass is 462 g/mol. The van der Waals surface area contributed by atoms with Crippen LogP contribution in [0.2, 0.25) is 0 Å². The summed E-state index contributed by atoms with van der Waals surface area (Å²) >= 11 is 0. The zero-order valence-electron chi connectivity index (χ0n) is 19.5. The van der Waals surface area contributed by atoms with Crippen molar-refractivity contribution >= 4 is 39.3 Å². The van der Waals surface area contributed by atoms with Gasteiger partial charge in [0.15, 0.2) is 0 Å². The molecule has 174 valence electrons. The molecule has 0 fully saturated rings. The van der Waals surface area contributed by atoms with Crippen LogP contribution in [-0.4, -0.2) is 34.5 Å². The number of imidazole rings is 1. The van der Waals surface area contributed by atoms with Gasteiger partial charge in [-0.15, -0.1) is 0 Å². The molecule has 1 heterocycles. The molecule has 6 heteroatoms. The van der Waals surface area contributed by atoms with Crippen LogP contribution in [0.5, 0.6) is 0 Å². The lowest BCUT2D eigenvalue weighted by atomic mass is 10.0. The maximum Gasteiger partial charge on any atom is 0.249 e. The molecule has 0 radical (unpaired) electrons. The number of fused-ring (bicyclic) bond motifs is 2. The van der Waals surface area contributed by atoms with E-state index in [1.165, 1.54) is 0 Å². The molecule has 0 aliphatic heterocycles. The first-order chi connectivity index (χ1) is 17.1. The van der Waals surface area contributed by atoms with Crippen molar-refractivity contribution in [3.63, 3.8) is 0 Å². The Bertz CT molecular complexity index is 1490. The molecular formula is C29H26N4O2. The largest absolute Gasteiger partial charge is 0.342 e. The molecule has 0 aliphatic carbocycles. The molecule has 5 rings (SSSR count). The molecule has 0 unspecified atom stereocenters. The Balaban J connectivity index is 1.38. The molecule has 0 saturated heterocycles. The molecule has 2 amide bonds. The van der Waals surface area contributed by atoms with Crippen LogP contribution in [0.3, 0.4) is 0 Å². The van der Waals surface area contributed by atoms with Crippen LogP contribution in [0, 0.1) is 0 Å². The predicted octanol–water partition coefficient (Wildman–Crippen LogP) is 4.58. The average molecular weight is 463 g/mol. The third-order valence-corrected chi connectivity index (χ3v) is 6.21. The summed E-state index contributed by atoms with van der Waals surface area (Å²) in [5.74, 6) is -0.415. The van der Waals surface area contributed by atoms with Crippen molar-refractivity contribution in [1.29, 1.82) is 0 Å². The Labute approximate surface area is 203 Å². The van der Waals surface area contributed by atoms with Gasteiger partial charge in [-0.1, -0.05) is 72.8 Å². The third kappa shape index (κ3) is 4.92. The Hall–Kier alpha value is -4.45. The van der Waals surface area contributed by atoms with Gasteiger partial charge in [0, 0.05) is 19.2 Å². The van der Waals surface area contributed by atoms with Gasteiger partial charge in [0.25, 0.3) is 0 Å². The molecule has 1 aromatic heterocycles. The number of hydrogen-bond donors (Lipinski definition) is 1. The van der Waals surface area contributed by atoms with E-state index in [0.717, 1.165) is 33.1 Å². The molecule has 6 nitrogen and oxygen atoms in total. The highest BCUT2D eigenvalue weighted by molar-refractivity contribution is 6.00. The fourth-order valence-electron chi connectivity index (χ4n) is 4.33. The summed E-state index contributed by atoms with van der Waals surface area (Å²) in [6.45, 7) is 0.0821. The summed E-state index contributed by atoms with van der Waals surface area (Å²) in [5.41, 5.74) is 3.46. The van der Waals surface area contributed by atoms with E-state index in [0.29, 0.717) is 6.42 Å². The molecular weight excluding hydrogens is 436 g/mol. The highest BCUT2D eigenvalue weighted by Crippen LogP contribution is 2.22. The first-order valence-corrected chi connectivity index (χ1v) is 11.6. The standard InChI is InChI=1S/C29H26N4O2/c1-32(24-16-15-22-11-5-6-12-23(22)18-24)29(35)26(17-21-9-3-2-4-10-21)31-28(34)19-33-20-30-25-13-7-8-14-27(25)33/h2-16,18,20,26H,17,19H2,1H3,(H,31,34)/t26-/m0/s1. The third-order valence-electron chi connectivity index (χ3n) is 6.21. The predicted molar refractivity (Wildman–Crippen MR) is 139 cm³/mol. The van der Waals surface area contributed by atoms with E-state index in [2.05, 4.69) is 10.3 Å². The minimum absolute atomic E-state index is 0.0821. The number of aromatic nitrogens is 2. The fourth-order valence-corrected chi connectivity index (χ4v) is 4.33. The minimum atomic E-state index is -0.712. The van der Waals surface area contributed by atoms with Crippen LogP contribution < -0.4 is 10.2 Å². The van der Waals surface area contributed by atoms with Gasteiger partial charge in [-0.3, -0.25) is 9.59 Å². The molecule has 0 spiro atoms.